The third-order valence-electron chi connectivity index (χ3n) is 8.38. The average molecular weight is 381 g/mol. The van der Waals surface area contributed by atoms with E-state index in [-0.39, 0.29) is 5.41 Å². The number of hydrogen-bond acceptors (Lipinski definition) is 2. The highest BCUT2D eigenvalue weighted by Crippen LogP contribution is 2.60. The van der Waals surface area contributed by atoms with Crippen molar-refractivity contribution < 1.29 is 4.79 Å². The first-order valence-electron chi connectivity index (χ1n) is 11.6. The van der Waals surface area contributed by atoms with Crippen molar-refractivity contribution in [2.24, 2.45) is 23.2 Å². The molecule has 0 N–H and O–H groups in total. The van der Waals surface area contributed by atoms with Crippen LogP contribution in [0.4, 0.5) is 0 Å². The number of benzene rings is 1. The Morgan fingerprint density at radius 2 is 1.46 bits per heavy atom. The number of hydrogen-bond donors (Lipinski definition) is 0. The highest BCUT2D eigenvalue weighted by atomic mass is 16.2. The average Bonchev–Trinajstić information content (AvgIpc) is 2.66. The minimum absolute atomic E-state index is 0.0143. The molecule has 1 aromatic rings. The lowest BCUT2D eigenvalue weighted by atomic mass is 9.49. The zero-order valence-corrected chi connectivity index (χ0v) is 17.6. The van der Waals surface area contributed by atoms with Gasteiger partial charge in [0.25, 0.3) is 0 Å². The smallest absolute Gasteiger partial charge is 0.228 e. The molecule has 2 unspecified atom stereocenters. The second-order valence-corrected chi connectivity index (χ2v) is 10.6. The summed E-state index contributed by atoms with van der Waals surface area (Å²) in [5.41, 5.74) is 1.43. The Bertz CT molecular complexity index is 667. The monoisotopic (exact) mass is 380 g/mol. The molecule has 5 fully saturated rings. The lowest BCUT2D eigenvalue weighted by Gasteiger charge is -2.57. The van der Waals surface area contributed by atoms with Gasteiger partial charge in [0.05, 0.1) is 5.41 Å². The van der Waals surface area contributed by atoms with Crippen molar-refractivity contribution >= 4 is 5.91 Å². The Labute approximate surface area is 170 Å². The maximum Gasteiger partial charge on any atom is 0.228 e. The molecule has 3 heteroatoms. The van der Waals surface area contributed by atoms with Crippen molar-refractivity contribution in [2.75, 3.05) is 19.6 Å². The zero-order chi connectivity index (χ0) is 19.3. The van der Waals surface area contributed by atoms with Crippen molar-refractivity contribution in [3.05, 3.63) is 35.9 Å². The number of carbonyl (C=O) groups excluding carboxylic acids is 1. The van der Waals surface area contributed by atoms with Crippen molar-refractivity contribution in [3.8, 4) is 0 Å². The number of carbonyl (C=O) groups is 1. The van der Waals surface area contributed by atoms with Crippen LogP contribution in [0.2, 0.25) is 0 Å². The van der Waals surface area contributed by atoms with Crippen LogP contribution in [-0.4, -0.2) is 47.4 Å². The number of nitrogens with zero attached hydrogens (tertiary/aromatic N) is 2. The molecule has 152 valence electrons. The summed E-state index contributed by atoms with van der Waals surface area (Å²) in [6, 6.07) is 11.7. The van der Waals surface area contributed by atoms with E-state index in [0.717, 1.165) is 43.8 Å². The molecule has 1 aliphatic heterocycles. The number of rotatable bonds is 4. The standard InChI is InChI=1S/C25H36N2O/c1-18-16-26(17-19(2)27(18)9-8-20-6-4-3-5-7-20)24(28)25-13-21-10-22(14-25)12-23(11-21)15-25/h3-7,18-19,21-23H,8-17H2,1-2H3. The lowest BCUT2D eigenvalue weighted by molar-refractivity contribution is -0.161. The van der Waals surface area contributed by atoms with Crippen molar-refractivity contribution in [1.82, 2.24) is 9.80 Å². The van der Waals surface area contributed by atoms with Crippen LogP contribution in [-0.2, 0) is 11.2 Å². The van der Waals surface area contributed by atoms with Crippen LogP contribution in [0.25, 0.3) is 0 Å². The first kappa shape index (κ1) is 18.7. The molecule has 1 saturated heterocycles. The Morgan fingerprint density at radius 3 is 2.00 bits per heavy atom. The van der Waals surface area contributed by atoms with Crippen LogP contribution in [0.3, 0.4) is 0 Å². The third kappa shape index (κ3) is 3.30. The largest absolute Gasteiger partial charge is 0.339 e. The fourth-order valence-corrected chi connectivity index (χ4v) is 7.57. The zero-order valence-electron chi connectivity index (χ0n) is 17.6. The topological polar surface area (TPSA) is 23.6 Å². The Balaban J connectivity index is 1.24. The van der Waals surface area contributed by atoms with E-state index in [1.54, 1.807) is 0 Å². The van der Waals surface area contributed by atoms with Gasteiger partial charge in [-0.05, 0) is 82.1 Å². The molecule has 1 amide bonds. The number of piperazine rings is 1. The molecule has 0 spiro atoms. The van der Waals surface area contributed by atoms with Gasteiger partial charge in [0, 0.05) is 31.7 Å². The van der Waals surface area contributed by atoms with Gasteiger partial charge >= 0.3 is 0 Å². The molecule has 5 aliphatic rings. The van der Waals surface area contributed by atoms with Gasteiger partial charge in [-0.1, -0.05) is 30.3 Å². The van der Waals surface area contributed by atoms with Crippen LogP contribution in [0, 0.1) is 23.2 Å². The van der Waals surface area contributed by atoms with E-state index in [2.05, 4.69) is 54.0 Å². The molecule has 1 heterocycles. The van der Waals surface area contributed by atoms with Gasteiger partial charge in [0.15, 0.2) is 0 Å². The molecule has 3 nitrogen and oxygen atoms in total. The SMILES string of the molecule is CC1CN(C(=O)C23CC4CC(CC(C4)C2)C3)CC(C)N1CCc1ccccc1. The van der Waals surface area contributed by atoms with Crippen LogP contribution >= 0.6 is 0 Å². The summed E-state index contributed by atoms with van der Waals surface area (Å²) in [6.07, 6.45) is 8.89. The molecule has 4 aliphatic carbocycles. The fourth-order valence-electron chi connectivity index (χ4n) is 7.57. The normalized spacial score (nSPS) is 40.1. The van der Waals surface area contributed by atoms with Crippen LogP contribution < -0.4 is 0 Å². The summed E-state index contributed by atoms with van der Waals surface area (Å²) in [5.74, 6) is 3.06. The molecule has 1 aromatic carbocycles. The summed E-state index contributed by atoms with van der Waals surface area (Å²) >= 11 is 0. The van der Waals surface area contributed by atoms with Crippen LogP contribution in [0.5, 0.6) is 0 Å². The Hall–Kier alpha value is -1.35. The summed E-state index contributed by atoms with van der Waals surface area (Å²) in [5, 5.41) is 0. The van der Waals surface area contributed by atoms with Gasteiger partial charge in [-0.3, -0.25) is 9.69 Å². The third-order valence-corrected chi connectivity index (χ3v) is 8.38. The molecular weight excluding hydrogens is 344 g/mol. The van der Waals surface area contributed by atoms with Gasteiger partial charge in [-0.2, -0.15) is 0 Å². The molecule has 4 saturated carbocycles. The summed E-state index contributed by atoms with van der Waals surface area (Å²) in [6.45, 7) is 7.56. The van der Waals surface area contributed by atoms with Crippen molar-refractivity contribution in [2.45, 2.75) is 70.9 Å². The molecule has 28 heavy (non-hydrogen) atoms. The van der Waals surface area contributed by atoms with E-state index in [0.29, 0.717) is 18.0 Å². The van der Waals surface area contributed by atoms with E-state index in [4.69, 9.17) is 0 Å². The molecule has 6 rings (SSSR count). The van der Waals surface area contributed by atoms with E-state index in [9.17, 15) is 4.79 Å². The molecule has 2 atom stereocenters. The number of amides is 1. The van der Waals surface area contributed by atoms with Gasteiger partial charge in [-0.25, -0.2) is 0 Å². The van der Waals surface area contributed by atoms with Crippen LogP contribution in [0.15, 0.2) is 30.3 Å². The first-order chi connectivity index (χ1) is 13.5. The Kier molecular flexibility index (Phi) is 4.77. The molecule has 4 bridgehead atoms. The second-order valence-electron chi connectivity index (χ2n) is 10.6. The molecule has 0 aromatic heterocycles. The van der Waals surface area contributed by atoms with Gasteiger partial charge < -0.3 is 4.90 Å². The van der Waals surface area contributed by atoms with E-state index in [1.165, 1.54) is 44.1 Å². The minimum atomic E-state index is 0.0143. The molecular formula is C25H36N2O. The summed E-state index contributed by atoms with van der Waals surface area (Å²) < 4.78 is 0. The lowest BCUT2D eigenvalue weighted by Crippen LogP contribution is -2.62. The van der Waals surface area contributed by atoms with E-state index < -0.39 is 0 Å². The van der Waals surface area contributed by atoms with Crippen molar-refractivity contribution in [1.29, 1.82) is 0 Å². The minimum Gasteiger partial charge on any atom is -0.339 e. The fraction of sp³-hybridized carbons (Fsp3) is 0.720. The summed E-state index contributed by atoms with van der Waals surface area (Å²) in [4.78, 5) is 18.6. The Morgan fingerprint density at radius 1 is 0.929 bits per heavy atom. The van der Waals surface area contributed by atoms with E-state index >= 15 is 0 Å². The van der Waals surface area contributed by atoms with Crippen molar-refractivity contribution in [3.63, 3.8) is 0 Å². The maximum absolute atomic E-state index is 13.7. The highest BCUT2D eigenvalue weighted by Gasteiger charge is 2.56. The maximum atomic E-state index is 13.7. The predicted octanol–water partition coefficient (Wildman–Crippen LogP) is 4.37. The highest BCUT2D eigenvalue weighted by molar-refractivity contribution is 5.83. The van der Waals surface area contributed by atoms with Gasteiger partial charge in [0.1, 0.15) is 0 Å². The van der Waals surface area contributed by atoms with Gasteiger partial charge in [-0.15, -0.1) is 0 Å². The molecule has 0 radical (unpaired) electrons. The van der Waals surface area contributed by atoms with Gasteiger partial charge in [0.2, 0.25) is 5.91 Å². The second kappa shape index (κ2) is 7.16. The first-order valence-corrected chi connectivity index (χ1v) is 11.6. The predicted molar refractivity (Wildman–Crippen MR) is 113 cm³/mol. The quantitative estimate of drug-likeness (QED) is 0.774. The van der Waals surface area contributed by atoms with E-state index in [1.807, 2.05) is 0 Å². The summed E-state index contributed by atoms with van der Waals surface area (Å²) in [7, 11) is 0. The van der Waals surface area contributed by atoms with Crippen LogP contribution in [0.1, 0.15) is 57.9 Å².